The molecular weight excluding hydrogens is 468 g/mol. The molecule has 5 aliphatic heterocycles. The van der Waals surface area contributed by atoms with Crippen LogP contribution in [-0.4, -0.2) is 70.5 Å². The zero-order valence-corrected chi connectivity index (χ0v) is 20.7. The number of carbonyl (C=O) groups is 4. The highest BCUT2D eigenvalue weighted by Gasteiger charge is 2.48. The lowest BCUT2D eigenvalue weighted by Gasteiger charge is -2.52. The molecule has 8 nitrogen and oxygen atoms in total. The summed E-state index contributed by atoms with van der Waals surface area (Å²) in [5.74, 6) is 0.693. The van der Waals surface area contributed by atoms with Gasteiger partial charge in [-0.3, -0.25) is 24.1 Å². The largest absolute Gasteiger partial charge is 0.342 e. The maximum Gasteiger partial charge on any atom is 0.260 e. The van der Waals surface area contributed by atoms with Crippen molar-refractivity contribution < 1.29 is 19.2 Å². The zero-order chi connectivity index (χ0) is 25.3. The van der Waals surface area contributed by atoms with Crippen molar-refractivity contribution in [3.05, 3.63) is 65.2 Å². The van der Waals surface area contributed by atoms with Crippen molar-refractivity contribution >= 4 is 29.3 Å². The standard InChI is InChI=1S/C29H30N4O4/c34-25(30-15-18-14-19(17-30)23-10-5-11-26(35)32(23)16-18)12-13-31-27-20-6-1-2-7-21(20)29(37)33(27)24-9-4-3-8-22(24)28(31)36/h1-4,6-9,18-19,23,27H,5,10-17H2/t18-,19+,23-,27+/m1/s1. The smallest absolute Gasteiger partial charge is 0.260 e. The fourth-order valence-corrected chi connectivity index (χ4v) is 7.39. The van der Waals surface area contributed by atoms with Crippen LogP contribution in [0.3, 0.4) is 0 Å². The molecule has 4 atom stereocenters. The maximum absolute atomic E-state index is 13.6. The van der Waals surface area contributed by atoms with Gasteiger partial charge in [-0.25, -0.2) is 0 Å². The lowest BCUT2D eigenvalue weighted by atomic mass is 9.76. The average molecular weight is 499 g/mol. The van der Waals surface area contributed by atoms with Gasteiger partial charge in [0.1, 0.15) is 6.17 Å². The van der Waals surface area contributed by atoms with E-state index < -0.39 is 6.17 Å². The summed E-state index contributed by atoms with van der Waals surface area (Å²) in [5.41, 5.74) is 2.51. The average Bonchev–Trinajstić information content (AvgIpc) is 3.21. The lowest BCUT2D eigenvalue weighted by molar-refractivity contribution is -0.148. The summed E-state index contributed by atoms with van der Waals surface area (Å²) >= 11 is 0. The van der Waals surface area contributed by atoms with Gasteiger partial charge in [0.05, 0.1) is 11.3 Å². The predicted molar refractivity (Wildman–Crippen MR) is 136 cm³/mol. The minimum absolute atomic E-state index is 0.0427. The van der Waals surface area contributed by atoms with Crippen molar-refractivity contribution in [2.45, 2.75) is 44.3 Å². The molecule has 0 N–H and O–H groups in total. The Kier molecular flexibility index (Phi) is 5.13. The first-order valence-electron chi connectivity index (χ1n) is 13.4. The van der Waals surface area contributed by atoms with Crippen LogP contribution in [0.5, 0.6) is 0 Å². The Morgan fingerprint density at radius 3 is 2.54 bits per heavy atom. The molecule has 0 saturated carbocycles. The second kappa shape index (κ2) is 8.43. The van der Waals surface area contributed by atoms with E-state index in [2.05, 4.69) is 4.90 Å². The van der Waals surface area contributed by atoms with Gasteiger partial charge in [0.2, 0.25) is 11.8 Å². The highest BCUT2D eigenvalue weighted by Crippen LogP contribution is 2.45. The van der Waals surface area contributed by atoms with Crippen LogP contribution in [0.1, 0.15) is 64.5 Å². The molecule has 2 aromatic rings. The molecule has 5 heterocycles. The Hall–Kier alpha value is -3.68. The summed E-state index contributed by atoms with van der Waals surface area (Å²) in [6.45, 7) is 2.34. The molecule has 0 radical (unpaired) electrons. The van der Waals surface area contributed by atoms with Crippen LogP contribution in [0.2, 0.25) is 0 Å². The van der Waals surface area contributed by atoms with Crippen molar-refractivity contribution in [1.29, 1.82) is 0 Å². The van der Waals surface area contributed by atoms with E-state index in [1.54, 1.807) is 28.0 Å². The van der Waals surface area contributed by atoms with E-state index in [1.165, 1.54) is 0 Å². The first-order chi connectivity index (χ1) is 18.0. The molecule has 0 aliphatic carbocycles. The van der Waals surface area contributed by atoms with E-state index in [4.69, 9.17) is 0 Å². The van der Waals surface area contributed by atoms with E-state index in [-0.39, 0.29) is 42.6 Å². The van der Waals surface area contributed by atoms with Gasteiger partial charge in [0, 0.05) is 56.2 Å². The summed E-state index contributed by atoms with van der Waals surface area (Å²) in [6, 6.07) is 14.9. The number of likely N-dealkylation sites (tertiary alicyclic amines) is 1. The highest BCUT2D eigenvalue weighted by molar-refractivity contribution is 6.16. The van der Waals surface area contributed by atoms with Crippen LogP contribution in [0.4, 0.5) is 5.69 Å². The molecule has 2 bridgehead atoms. The summed E-state index contributed by atoms with van der Waals surface area (Å²) in [4.78, 5) is 60.4. The Labute approximate surface area is 215 Å². The van der Waals surface area contributed by atoms with Gasteiger partial charge in [-0.2, -0.15) is 0 Å². The Morgan fingerprint density at radius 2 is 1.68 bits per heavy atom. The highest BCUT2D eigenvalue weighted by atomic mass is 16.2. The topological polar surface area (TPSA) is 81.2 Å². The van der Waals surface area contributed by atoms with E-state index in [0.29, 0.717) is 48.2 Å². The number of hydrogen-bond acceptors (Lipinski definition) is 4. The van der Waals surface area contributed by atoms with Gasteiger partial charge in [0.25, 0.3) is 11.8 Å². The third-order valence-electron chi connectivity index (χ3n) is 8.98. The van der Waals surface area contributed by atoms with E-state index in [9.17, 15) is 19.2 Å². The molecule has 3 fully saturated rings. The number of carbonyl (C=O) groups excluding carboxylic acids is 4. The molecule has 3 saturated heterocycles. The van der Waals surface area contributed by atoms with Crippen LogP contribution >= 0.6 is 0 Å². The SMILES string of the molecule is O=C(CCN1C(=O)c2ccccc2N2C(=O)c3ccccc3[C@@H]12)N1C[C@H]2C[C@@H](C1)[C@H]1CCCC(=O)N1C2. The third kappa shape index (κ3) is 3.41. The minimum Gasteiger partial charge on any atom is -0.342 e. The van der Waals surface area contributed by atoms with Gasteiger partial charge in [-0.15, -0.1) is 0 Å². The van der Waals surface area contributed by atoms with Crippen LogP contribution in [-0.2, 0) is 9.59 Å². The zero-order valence-electron chi connectivity index (χ0n) is 20.7. The molecule has 8 heteroatoms. The van der Waals surface area contributed by atoms with E-state index >= 15 is 0 Å². The van der Waals surface area contributed by atoms with Gasteiger partial charge in [0.15, 0.2) is 0 Å². The molecular formula is C29H30N4O4. The quantitative estimate of drug-likeness (QED) is 0.652. The number of benzene rings is 2. The van der Waals surface area contributed by atoms with Crippen LogP contribution in [0, 0.1) is 11.8 Å². The number of nitrogens with zero attached hydrogens (tertiary/aromatic N) is 4. The molecule has 7 rings (SSSR count). The molecule has 0 spiro atoms. The summed E-state index contributed by atoms with van der Waals surface area (Å²) in [5, 5.41) is 0. The van der Waals surface area contributed by atoms with Gasteiger partial charge >= 0.3 is 0 Å². The summed E-state index contributed by atoms with van der Waals surface area (Å²) < 4.78 is 0. The maximum atomic E-state index is 13.6. The third-order valence-corrected chi connectivity index (χ3v) is 8.98. The van der Waals surface area contributed by atoms with Crippen LogP contribution < -0.4 is 4.90 Å². The van der Waals surface area contributed by atoms with Crippen molar-refractivity contribution in [1.82, 2.24) is 14.7 Å². The van der Waals surface area contributed by atoms with E-state index in [1.807, 2.05) is 35.2 Å². The molecule has 2 aromatic carbocycles. The molecule has 4 amide bonds. The van der Waals surface area contributed by atoms with Crippen molar-refractivity contribution in [2.24, 2.45) is 11.8 Å². The van der Waals surface area contributed by atoms with Crippen LogP contribution in [0.15, 0.2) is 48.5 Å². The second-order valence-corrected chi connectivity index (χ2v) is 11.1. The first-order valence-corrected chi connectivity index (χ1v) is 13.4. The number of fused-ring (bicyclic) bond motifs is 9. The van der Waals surface area contributed by atoms with Crippen LogP contribution in [0.25, 0.3) is 0 Å². The summed E-state index contributed by atoms with van der Waals surface area (Å²) in [7, 11) is 0. The molecule has 37 heavy (non-hydrogen) atoms. The monoisotopic (exact) mass is 498 g/mol. The van der Waals surface area contributed by atoms with Gasteiger partial charge in [-0.05, 0) is 49.3 Å². The second-order valence-electron chi connectivity index (χ2n) is 11.1. The van der Waals surface area contributed by atoms with E-state index in [0.717, 1.165) is 31.4 Å². The van der Waals surface area contributed by atoms with Gasteiger partial charge in [-0.1, -0.05) is 30.3 Å². The molecule has 0 unspecified atom stereocenters. The Morgan fingerprint density at radius 1 is 0.892 bits per heavy atom. The fourth-order valence-electron chi connectivity index (χ4n) is 7.39. The Balaban J connectivity index is 1.12. The number of anilines is 1. The lowest BCUT2D eigenvalue weighted by Crippen LogP contribution is -2.61. The molecule has 190 valence electrons. The van der Waals surface area contributed by atoms with Crippen molar-refractivity contribution in [3.8, 4) is 0 Å². The normalized spacial score (nSPS) is 28.1. The number of para-hydroxylation sites is 1. The molecule has 5 aliphatic rings. The fraction of sp³-hybridized carbons (Fsp3) is 0.448. The van der Waals surface area contributed by atoms with Crippen molar-refractivity contribution in [3.63, 3.8) is 0 Å². The number of hydrogen-bond donors (Lipinski definition) is 0. The molecule has 0 aromatic heterocycles. The number of piperidine rings is 3. The van der Waals surface area contributed by atoms with Crippen molar-refractivity contribution in [2.75, 3.05) is 31.1 Å². The number of rotatable bonds is 3. The van der Waals surface area contributed by atoms with Gasteiger partial charge < -0.3 is 14.7 Å². The minimum atomic E-state index is -0.540. The predicted octanol–water partition coefficient (Wildman–Crippen LogP) is 3.05. The Bertz CT molecular complexity index is 1320. The summed E-state index contributed by atoms with van der Waals surface area (Å²) in [6.07, 6.45) is 3.36. The number of amides is 4. The first kappa shape index (κ1) is 22.5.